The van der Waals surface area contributed by atoms with E-state index in [2.05, 4.69) is 4.72 Å². The number of benzene rings is 1. The van der Waals surface area contributed by atoms with Gasteiger partial charge in [-0.2, -0.15) is 9.98 Å². The van der Waals surface area contributed by atoms with Crippen LogP contribution in [0.15, 0.2) is 23.1 Å². The van der Waals surface area contributed by atoms with Gasteiger partial charge in [0.25, 0.3) is 0 Å². The SMILES string of the molecule is CC(NS(=O)(=O)c1ccc(F)c(C#N)c1)C(=O)N1CCCCC1. The number of hydrogen-bond acceptors (Lipinski definition) is 4. The average Bonchev–Trinajstić information content (AvgIpc) is 2.54. The highest BCUT2D eigenvalue weighted by atomic mass is 32.2. The van der Waals surface area contributed by atoms with Crippen molar-refractivity contribution in [3.8, 4) is 6.07 Å². The number of nitrogens with one attached hydrogen (secondary N) is 1. The third kappa shape index (κ3) is 4.06. The molecule has 0 saturated carbocycles. The molecule has 1 fully saturated rings. The van der Waals surface area contributed by atoms with Gasteiger partial charge in [-0.05, 0) is 44.4 Å². The molecule has 1 aliphatic heterocycles. The lowest BCUT2D eigenvalue weighted by atomic mass is 10.1. The summed E-state index contributed by atoms with van der Waals surface area (Å²) in [6, 6.07) is 3.61. The van der Waals surface area contributed by atoms with Gasteiger partial charge < -0.3 is 4.90 Å². The minimum Gasteiger partial charge on any atom is -0.341 e. The molecule has 1 N–H and O–H groups in total. The lowest BCUT2D eigenvalue weighted by molar-refractivity contribution is -0.133. The van der Waals surface area contributed by atoms with Crippen molar-refractivity contribution in [3.63, 3.8) is 0 Å². The van der Waals surface area contributed by atoms with Crippen molar-refractivity contribution >= 4 is 15.9 Å². The molecule has 1 saturated heterocycles. The Bertz CT molecular complexity index is 737. The van der Waals surface area contributed by atoms with Crippen molar-refractivity contribution in [2.75, 3.05) is 13.1 Å². The van der Waals surface area contributed by atoms with Gasteiger partial charge in [-0.15, -0.1) is 0 Å². The first kappa shape index (κ1) is 17.4. The first-order chi connectivity index (χ1) is 10.8. The van der Waals surface area contributed by atoms with Crippen LogP contribution >= 0.6 is 0 Å². The van der Waals surface area contributed by atoms with Crippen molar-refractivity contribution in [1.82, 2.24) is 9.62 Å². The van der Waals surface area contributed by atoms with E-state index >= 15 is 0 Å². The molecule has 1 atom stereocenters. The molecule has 1 unspecified atom stereocenters. The monoisotopic (exact) mass is 339 g/mol. The predicted molar refractivity (Wildman–Crippen MR) is 81.3 cm³/mol. The molecule has 8 heteroatoms. The van der Waals surface area contributed by atoms with E-state index in [9.17, 15) is 17.6 Å². The lowest BCUT2D eigenvalue weighted by Crippen LogP contribution is -2.48. The van der Waals surface area contributed by atoms with E-state index in [4.69, 9.17) is 5.26 Å². The molecule has 124 valence electrons. The summed E-state index contributed by atoms with van der Waals surface area (Å²) in [5.74, 6) is -1.07. The number of carbonyl (C=O) groups is 1. The van der Waals surface area contributed by atoms with Crippen molar-refractivity contribution < 1.29 is 17.6 Å². The molecular weight excluding hydrogens is 321 g/mol. The Kier molecular flexibility index (Phi) is 5.34. The maximum Gasteiger partial charge on any atom is 0.241 e. The normalized spacial score (nSPS) is 16.7. The predicted octanol–water partition coefficient (Wildman–Crippen LogP) is 1.38. The van der Waals surface area contributed by atoms with Crippen LogP contribution in [-0.2, 0) is 14.8 Å². The number of likely N-dealkylation sites (tertiary alicyclic amines) is 1. The molecular formula is C15H18FN3O3S. The highest BCUT2D eigenvalue weighted by molar-refractivity contribution is 7.89. The van der Waals surface area contributed by atoms with Crippen LogP contribution in [0, 0.1) is 17.1 Å². The second kappa shape index (κ2) is 7.06. The van der Waals surface area contributed by atoms with E-state index in [1.807, 2.05) is 0 Å². The summed E-state index contributed by atoms with van der Waals surface area (Å²) in [7, 11) is -4.01. The second-order valence-corrected chi connectivity index (χ2v) is 7.20. The number of amides is 1. The summed E-state index contributed by atoms with van der Waals surface area (Å²) >= 11 is 0. The zero-order valence-electron chi connectivity index (χ0n) is 12.8. The molecule has 1 amide bonds. The number of hydrogen-bond donors (Lipinski definition) is 1. The lowest BCUT2D eigenvalue weighted by Gasteiger charge is -2.29. The van der Waals surface area contributed by atoms with Crippen LogP contribution in [0.4, 0.5) is 4.39 Å². The van der Waals surface area contributed by atoms with E-state index < -0.39 is 21.9 Å². The van der Waals surface area contributed by atoms with Crippen LogP contribution in [0.3, 0.4) is 0 Å². The number of nitrogens with zero attached hydrogens (tertiary/aromatic N) is 2. The van der Waals surface area contributed by atoms with Gasteiger partial charge in [-0.1, -0.05) is 0 Å². The minimum atomic E-state index is -4.01. The third-order valence-electron chi connectivity index (χ3n) is 3.74. The number of rotatable bonds is 4. The average molecular weight is 339 g/mol. The topological polar surface area (TPSA) is 90.3 Å². The third-order valence-corrected chi connectivity index (χ3v) is 5.28. The Morgan fingerprint density at radius 1 is 1.35 bits per heavy atom. The largest absolute Gasteiger partial charge is 0.341 e. The van der Waals surface area contributed by atoms with E-state index in [0.29, 0.717) is 13.1 Å². The minimum absolute atomic E-state index is 0.242. The molecule has 0 aliphatic carbocycles. The fourth-order valence-corrected chi connectivity index (χ4v) is 3.72. The molecule has 0 aromatic heterocycles. The summed E-state index contributed by atoms with van der Waals surface area (Å²) in [5.41, 5.74) is -0.358. The van der Waals surface area contributed by atoms with Gasteiger partial charge in [0, 0.05) is 13.1 Å². The molecule has 23 heavy (non-hydrogen) atoms. The molecule has 6 nitrogen and oxygen atoms in total. The van der Waals surface area contributed by atoms with E-state index in [0.717, 1.165) is 37.5 Å². The molecule has 1 aromatic rings. The standard InChI is InChI=1S/C15H18FN3O3S/c1-11(15(20)19-7-3-2-4-8-19)18-23(21,22)13-5-6-14(16)12(9-13)10-17/h5-6,9,11,18H,2-4,7-8H2,1H3. The quantitative estimate of drug-likeness (QED) is 0.897. The van der Waals surface area contributed by atoms with E-state index in [1.165, 1.54) is 6.92 Å². The number of nitriles is 1. The summed E-state index contributed by atoms with van der Waals surface area (Å²) in [5, 5.41) is 8.78. The van der Waals surface area contributed by atoms with Gasteiger partial charge >= 0.3 is 0 Å². The van der Waals surface area contributed by atoms with Crippen LogP contribution in [0.2, 0.25) is 0 Å². The molecule has 1 aliphatic rings. The summed E-state index contributed by atoms with van der Waals surface area (Å²) in [4.78, 5) is 13.7. The Labute approximate surface area is 135 Å². The molecule has 1 aromatic carbocycles. The van der Waals surface area contributed by atoms with Gasteiger partial charge in [0.05, 0.1) is 16.5 Å². The van der Waals surface area contributed by atoms with Crippen LogP contribution in [-0.4, -0.2) is 38.4 Å². The Hall–Kier alpha value is -1.98. The van der Waals surface area contributed by atoms with Gasteiger partial charge in [0.1, 0.15) is 11.9 Å². The smallest absolute Gasteiger partial charge is 0.241 e. The molecule has 1 heterocycles. The number of halogens is 1. The van der Waals surface area contributed by atoms with E-state index in [1.54, 1.807) is 11.0 Å². The molecule has 2 rings (SSSR count). The molecule has 0 radical (unpaired) electrons. The highest BCUT2D eigenvalue weighted by Gasteiger charge is 2.27. The Balaban J connectivity index is 2.14. The molecule has 0 bridgehead atoms. The fourth-order valence-electron chi connectivity index (χ4n) is 2.50. The van der Waals surface area contributed by atoms with Crippen LogP contribution in [0.1, 0.15) is 31.7 Å². The Morgan fingerprint density at radius 2 is 2.00 bits per heavy atom. The van der Waals surface area contributed by atoms with Crippen molar-refractivity contribution in [2.24, 2.45) is 0 Å². The summed E-state index contributed by atoms with van der Waals surface area (Å²) in [6.45, 7) is 2.73. The maximum atomic E-state index is 13.3. The number of piperidine rings is 1. The van der Waals surface area contributed by atoms with Gasteiger partial charge in [0.15, 0.2) is 0 Å². The van der Waals surface area contributed by atoms with Crippen molar-refractivity contribution in [1.29, 1.82) is 5.26 Å². The van der Waals surface area contributed by atoms with Gasteiger partial charge in [-0.3, -0.25) is 4.79 Å². The molecule has 0 spiro atoms. The number of carbonyl (C=O) groups excluding carboxylic acids is 1. The highest BCUT2D eigenvalue weighted by Crippen LogP contribution is 2.16. The fraction of sp³-hybridized carbons (Fsp3) is 0.467. The second-order valence-electron chi connectivity index (χ2n) is 5.48. The maximum absolute atomic E-state index is 13.3. The summed E-state index contributed by atoms with van der Waals surface area (Å²) < 4.78 is 40.2. The van der Waals surface area contributed by atoms with E-state index in [-0.39, 0.29) is 16.4 Å². The zero-order valence-corrected chi connectivity index (χ0v) is 13.6. The first-order valence-corrected chi connectivity index (χ1v) is 8.84. The van der Waals surface area contributed by atoms with Crippen LogP contribution in [0.5, 0.6) is 0 Å². The van der Waals surface area contributed by atoms with Crippen molar-refractivity contribution in [2.45, 2.75) is 37.1 Å². The summed E-state index contributed by atoms with van der Waals surface area (Å²) in [6.07, 6.45) is 2.89. The van der Waals surface area contributed by atoms with Gasteiger partial charge in [-0.25, -0.2) is 12.8 Å². The number of sulfonamides is 1. The van der Waals surface area contributed by atoms with Crippen molar-refractivity contribution in [3.05, 3.63) is 29.6 Å². The van der Waals surface area contributed by atoms with Crippen LogP contribution < -0.4 is 4.72 Å². The first-order valence-electron chi connectivity index (χ1n) is 7.36. The van der Waals surface area contributed by atoms with Gasteiger partial charge in [0.2, 0.25) is 15.9 Å². The Morgan fingerprint density at radius 3 is 2.61 bits per heavy atom. The zero-order chi connectivity index (χ0) is 17.0. The van der Waals surface area contributed by atoms with Crippen LogP contribution in [0.25, 0.3) is 0 Å².